The van der Waals surface area contributed by atoms with E-state index in [-0.39, 0.29) is 23.8 Å². The number of benzene rings is 1. The molecule has 0 bridgehead atoms. The van der Waals surface area contributed by atoms with Crippen molar-refractivity contribution >= 4 is 40.1 Å². The molecule has 2 aromatic heterocycles. The summed E-state index contributed by atoms with van der Waals surface area (Å²) in [6.45, 7) is 6.75. The van der Waals surface area contributed by atoms with Gasteiger partial charge in [0.15, 0.2) is 5.69 Å². The fourth-order valence-electron chi connectivity index (χ4n) is 5.48. The van der Waals surface area contributed by atoms with Gasteiger partial charge in [0.25, 0.3) is 0 Å². The van der Waals surface area contributed by atoms with E-state index in [1.807, 2.05) is 11.8 Å². The zero-order chi connectivity index (χ0) is 31.6. The fourth-order valence-corrected chi connectivity index (χ4v) is 5.68. The quantitative estimate of drug-likeness (QED) is 0.250. The van der Waals surface area contributed by atoms with Gasteiger partial charge in [-0.05, 0) is 51.4 Å². The molecule has 4 heterocycles. The van der Waals surface area contributed by atoms with Gasteiger partial charge in [-0.25, -0.2) is 14.8 Å². The Kier molecular flexibility index (Phi) is 9.30. The molecule has 44 heavy (non-hydrogen) atoms. The lowest BCUT2D eigenvalue weighted by Crippen LogP contribution is -2.47. The molecule has 0 saturated carbocycles. The number of fused-ring (bicyclic) bond motifs is 1. The Balaban J connectivity index is 1.31. The van der Waals surface area contributed by atoms with Crippen LogP contribution in [0, 0.1) is 6.92 Å². The Morgan fingerprint density at radius 3 is 2.30 bits per heavy atom. The predicted molar refractivity (Wildman–Crippen MR) is 149 cm³/mol. The number of alkyl halides is 6. The maximum absolute atomic E-state index is 13.9. The van der Waals surface area contributed by atoms with Gasteiger partial charge in [-0.3, -0.25) is 0 Å². The van der Waals surface area contributed by atoms with Gasteiger partial charge in [-0.2, -0.15) is 26.3 Å². The predicted octanol–water partition coefficient (Wildman–Crippen LogP) is 4.91. The van der Waals surface area contributed by atoms with Crippen molar-refractivity contribution in [2.24, 2.45) is 0 Å². The van der Waals surface area contributed by atoms with E-state index in [0.717, 1.165) is 43.6 Å². The number of carbonyl (C=O) groups is 1. The van der Waals surface area contributed by atoms with Crippen molar-refractivity contribution in [2.75, 3.05) is 62.2 Å². The Bertz CT molecular complexity index is 1490. The van der Waals surface area contributed by atoms with Crippen molar-refractivity contribution in [3.05, 3.63) is 34.7 Å². The number of halogens is 7. The number of hydrogen-bond acceptors (Lipinski definition) is 9. The first-order valence-electron chi connectivity index (χ1n) is 14.1. The van der Waals surface area contributed by atoms with Gasteiger partial charge >= 0.3 is 18.3 Å². The average Bonchev–Trinajstić information content (AvgIpc) is 3.36. The lowest BCUT2D eigenvalue weighted by molar-refractivity contribution is -0.201. The minimum Gasteiger partial charge on any atom is -0.493 e. The first-order chi connectivity index (χ1) is 20.8. The number of aromatic nitrogens is 4. The molecule has 0 spiro atoms. The Labute approximate surface area is 253 Å². The van der Waals surface area contributed by atoms with Crippen LogP contribution in [0.1, 0.15) is 36.9 Å². The molecular formula is C27H30ClF6N7O3. The topological polar surface area (TPSA) is 88.8 Å². The highest BCUT2D eigenvalue weighted by Crippen LogP contribution is 2.38. The molecule has 0 atom stereocenters. The van der Waals surface area contributed by atoms with Crippen LogP contribution >= 0.6 is 11.6 Å². The van der Waals surface area contributed by atoms with Gasteiger partial charge in [-0.15, -0.1) is 5.10 Å². The molecule has 0 N–H and O–H groups in total. The summed E-state index contributed by atoms with van der Waals surface area (Å²) in [5.41, 5.74) is -0.611. The summed E-state index contributed by atoms with van der Waals surface area (Å²) < 4.78 is 86.1. The van der Waals surface area contributed by atoms with Crippen molar-refractivity contribution < 1.29 is 40.7 Å². The minimum absolute atomic E-state index is 0.168. The van der Waals surface area contributed by atoms with E-state index in [1.54, 1.807) is 17.0 Å². The number of likely N-dealkylation sites (tertiary alicyclic amines) is 1. The molecule has 2 aliphatic rings. The van der Waals surface area contributed by atoms with Crippen LogP contribution in [-0.2, 0) is 11.0 Å². The van der Waals surface area contributed by atoms with E-state index < -0.39 is 35.0 Å². The van der Waals surface area contributed by atoms with Crippen LogP contribution in [0.3, 0.4) is 0 Å². The molecular weight excluding hydrogens is 620 g/mol. The number of ether oxygens (including phenoxy) is 1. The molecule has 0 unspecified atom stereocenters. The summed E-state index contributed by atoms with van der Waals surface area (Å²) in [6, 6.07) is 3.56. The first-order valence-corrected chi connectivity index (χ1v) is 14.5. The third-order valence-electron chi connectivity index (χ3n) is 7.63. The highest BCUT2D eigenvalue weighted by molar-refractivity contribution is 6.31. The van der Waals surface area contributed by atoms with E-state index in [1.165, 1.54) is 19.3 Å². The maximum Gasteiger partial charge on any atom is 0.493 e. The summed E-state index contributed by atoms with van der Waals surface area (Å²) in [5, 5.41) is 2.90. The van der Waals surface area contributed by atoms with Crippen molar-refractivity contribution in [1.82, 2.24) is 24.8 Å². The summed E-state index contributed by atoms with van der Waals surface area (Å²) in [7, 11) is 0. The first kappa shape index (κ1) is 31.9. The van der Waals surface area contributed by atoms with E-state index in [0.29, 0.717) is 30.5 Å². The van der Waals surface area contributed by atoms with Gasteiger partial charge in [0.05, 0.1) is 12.0 Å². The molecule has 5 rings (SSSR count). The van der Waals surface area contributed by atoms with E-state index >= 15 is 0 Å². The molecule has 0 aliphatic carbocycles. The lowest BCUT2D eigenvalue weighted by atomic mass is 10.1. The van der Waals surface area contributed by atoms with Gasteiger partial charge in [0.2, 0.25) is 5.65 Å². The maximum atomic E-state index is 13.9. The largest absolute Gasteiger partial charge is 0.493 e. The van der Waals surface area contributed by atoms with Crippen molar-refractivity contribution in [3.63, 3.8) is 0 Å². The van der Waals surface area contributed by atoms with Gasteiger partial charge in [-0.1, -0.05) is 22.9 Å². The molecule has 240 valence electrons. The van der Waals surface area contributed by atoms with Crippen LogP contribution in [0.5, 0.6) is 5.75 Å². The van der Waals surface area contributed by atoms with E-state index in [9.17, 15) is 31.1 Å². The van der Waals surface area contributed by atoms with Crippen LogP contribution < -0.4 is 19.4 Å². The standard InChI is InChI=1S/C27H30ClF6N7O3/c1-17-19(14-18(28)15-20(17)43-13-5-8-38-6-3-2-4-7-38)39-9-11-40(12-10-39)23-21-22(26(29,30)31)37-41(24(21)36-16-35-23)44-25(42)27(32,33)34/h14-16H,2-13H2,1H3. The average molecular weight is 650 g/mol. The second-order valence-corrected chi connectivity index (χ2v) is 11.1. The Morgan fingerprint density at radius 1 is 0.955 bits per heavy atom. The third kappa shape index (κ3) is 7.06. The molecule has 1 aromatic carbocycles. The molecule has 17 heteroatoms. The van der Waals surface area contributed by atoms with Crippen molar-refractivity contribution in [3.8, 4) is 5.75 Å². The monoisotopic (exact) mass is 649 g/mol. The highest BCUT2D eigenvalue weighted by Gasteiger charge is 2.45. The van der Waals surface area contributed by atoms with Crippen LogP contribution in [0.2, 0.25) is 5.02 Å². The van der Waals surface area contributed by atoms with Crippen LogP contribution in [0.4, 0.5) is 37.8 Å². The van der Waals surface area contributed by atoms with Gasteiger partial charge in [0.1, 0.15) is 17.9 Å². The van der Waals surface area contributed by atoms with E-state index in [2.05, 4.69) is 24.8 Å². The van der Waals surface area contributed by atoms with Crippen LogP contribution in [0.25, 0.3) is 11.0 Å². The second-order valence-electron chi connectivity index (χ2n) is 10.6. The molecule has 2 aliphatic heterocycles. The zero-order valence-corrected chi connectivity index (χ0v) is 24.5. The third-order valence-corrected chi connectivity index (χ3v) is 7.85. The summed E-state index contributed by atoms with van der Waals surface area (Å²) >= 11 is 6.43. The molecule has 10 nitrogen and oxygen atoms in total. The van der Waals surface area contributed by atoms with Crippen molar-refractivity contribution in [2.45, 2.75) is 45.0 Å². The van der Waals surface area contributed by atoms with Crippen LogP contribution in [0.15, 0.2) is 18.5 Å². The Hall–Kier alpha value is -3.53. The number of piperidine rings is 1. The summed E-state index contributed by atoms with van der Waals surface area (Å²) in [4.78, 5) is 28.9. The lowest BCUT2D eigenvalue weighted by Gasteiger charge is -2.37. The fraction of sp³-hybridized carbons (Fsp3) is 0.556. The Morgan fingerprint density at radius 2 is 1.64 bits per heavy atom. The molecule has 0 amide bonds. The molecule has 3 aromatic rings. The zero-order valence-electron chi connectivity index (χ0n) is 23.7. The number of anilines is 2. The molecule has 0 radical (unpaired) electrons. The number of rotatable bonds is 8. The van der Waals surface area contributed by atoms with Gasteiger partial charge < -0.3 is 24.3 Å². The summed E-state index contributed by atoms with van der Waals surface area (Å²) in [6.07, 6.45) is -5.10. The SMILES string of the molecule is Cc1c(OCCCN2CCCCC2)cc(Cl)cc1N1CCN(c2ncnc3c2c(C(F)(F)F)nn3OC(=O)C(F)(F)F)CC1. The van der Waals surface area contributed by atoms with Crippen molar-refractivity contribution in [1.29, 1.82) is 0 Å². The normalized spacial score (nSPS) is 16.9. The summed E-state index contributed by atoms with van der Waals surface area (Å²) in [5.74, 6) is -2.29. The second kappa shape index (κ2) is 12.8. The number of carbonyl (C=O) groups excluding carboxylic acids is 1. The molecule has 2 fully saturated rings. The van der Waals surface area contributed by atoms with E-state index in [4.69, 9.17) is 16.3 Å². The van der Waals surface area contributed by atoms with Crippen LogP contribution in [-0.4, -0.2) is 89.4 Å². The smallest absolute Gasteiger partial charge is 0.493 e. The number of nitrogens with zero attached hydrogens (tertiary/aromatic N) is 7. The number of hydrogen-bond donors (Lipinski definition) is 0. The highest BCUT2D eigenvalue weighted by atomic mass is 35.5. The molecule has 2 saturated heterocycles. The van der Waals surface area contributed by atoms with Gasteiger partial charge in [0, 0.05) is 49.0 Å². The minimum atomic E-state index is -5.46. The number of piperazine rings is 1.